The summed E-state index contributed by atoms with van der Waals surface area (Å²) in [5.41, 5.74) is 2.02. The number of aromatic nitrogens is 3. The monoisotopic (exact) mass is 491 g/mol. The maximum Gasteiger partial charge on any atom is 0.247 e. The number of rotatable bonds is 9. The van der Waals surface area contributed by atoms with E-state index < -0.39 is 23.7 Å². The van der Waals surface area contributed by atoms with Crippen LogP contribution < -0.4 is 14.8 Å². The molecule has 0 spiro atoms. The first-order valence-electron chi connectivity index (χ1n) is 11.2. The lowest BCUT2D eigenvalue weighted by atomic mass is 10.1. The number of halogens is 1. The minimum atomic E-state index is -0.946. The highest BCUT2D eigenvalue weighted by Gasteiger charge is 2.28. The summed E-state index contributed by atoms with van der Waals surface area (Å²) in [6, 6.07) is 17.4. The highest BCUT2D eigenvalue weighted by Crippen LogP contribution is 2.29. The Labute approximate surface area is 207 Å². The quantitative estimate of drug-likeness (QED) is 0.384. The number of carbonyl (C=O) groups excluding carboxylic acids is 2. The Morgan fingerprint density at radius 1 is 1.06 bits per heavy atom. The topological polar surface area (TPSA) is 98.6 Å². The van der Waals surface area contributed by atoms with Crippen molar-refractivity contribution < 1.29 is 23.5 Å². The van der Waals surface area contributed by atoms with E-state index in [2.05, 4.69) is 15.6 Å². The number of hydrogen-bond acceptors (Lipinski definition) is 6. The van der Waals surface area contributed by atoms with Crippen LogP contribution in [0.1, 0.15) is 12.5 Å². The first-order valence-corrected chi connectivity index (χ1v) is 11.2. The van der Waals surface area contributed by atoms with Crippen LogP contribution in [0, 0.1) is 5.82 Å². The molecule has 0 saturated heterocycles. The Morgan fingerprint density at radius 3 is 2.56 bits per heavy atom. The van der Waals surface area contributed by atoms with Crippen LogP contribution in [-0.4, -0.2) is 52.0 Å². The number of benzene rings is 3. The zero-order valence-electron chi connectivity index (χ0n) is 20.1. The number of hydrogen-bond donors (Lipinski definition) is 1. The molecule has 3 aromatic carbocycles. The van der Waals surface area contributed by atoms with Crippen LogP contribution in [0.4, 0.5) is 10.1 Å². The SMILES string of the molecule is COc1ccc(NC(=O)C(C)N(Cc2ccccc2F)C(=O)Cn2nnc3ccccc32)c(OC)c1. The second-order valence-corrected chi connectivity index (χ2v) is 8.08. The van der Waals surface area contributed by atoms with Crippen molar-refractivity contribution in [2.24, 2.45) is 0 Å². The molecule has 4 rings (SSSR count). The zero-order valence-corrected chi connectivity index (χ0v) is 20.1. The maximum absolute atomic E-state index is 14.5. The van der Waals surface area contributed by atoms with Crippen molar-refractivity contribution in [1.29, 1.82) is 0 Å². The standard InChI is InChI=1S/C26H26FN5O4/c1-17(26(34)28-22-13-12-19(35-2)14-24(22)36-3)31(15-18-8-4-5-9-20(18)27)25(33)16-32-23-11-7-6-10-21(23)29-30-32/h4-14,17H,15-16H2,1-3H3,(H,28,34). The Bertz CT molecular complexity index is 1390. The molecule has 0 fully saturated rings. The summed E-state index contributed by atoms with van der Waals surface area (Å²) < 4.78 is 26.5. The van der Waals surface area contributed by atoms with Gasteiger partial charge in [0.05, 0.1) is 25.4 Å². The van der Waals surface area contributed by atoms with Gasteiger partial charge in [0.1, 0.15) is 35.4 Å². The summed E-state index contributed by atoms with van der Waals surface area (Å²) >= 11 is 0. The van der Waals surface area contributed by atoms with Gasteiger partial charge in [0, 0.05) is 18.2 Å². The average molecular weight is 492 g/mol. The van der Waals surface area contributed by atoms with E-state index >= 15 is 0 Å². The van der Waals surface area contributed by atoms with Crippen LogP contribution in [0.25, 0.3) is 11.0 Å². The van der Waals surface area contributed by atoms with Crippen molar-refractivity contribution in [3.05, 3.63) is 78.1 Å². The van der Waals surface area contributed by atoms with Gasteiger partial charge >= 0.3 is 0 Å². The third-order valence-corrected chi connectivity index (χ3v) is 5.84. The van der Waals surface area contributed by atoms with E-state index in [1.165, 1.54) is 29.9 Å². The molecular weight excluding hydrogens is 465 g/mol. The van der Waals surface area contributed by atoms with Crippen molar-refractivity contribution in [3.8, 4) is 11.5 Å². The van der Waals surface area contributed by atoms with Crippen molar-refractivity contribution >= 4 is 28.5 Å². The molecule has 1 N–H and O–H groups in total. The van der Waals surface area contributed by atoms with Gasteiger partial charge in [0.15, 0.2) is 0 Å². The van der Waals surface area contributed by atoms with Crippen LogP contribution in [0.5, 0.6) is 11.5 Å². The summed E-state index contributed by atoms with van der Waals surface area (Å²) in [5, 5.41) is 10.9. The highest BCUT2D eigenvalue weighted by atomic mass is 19.1. The van der Waals surface area contributed by atoms with E-state index in [4.69, 9.17) is 9.47 Å². The molecule has 0 bridgehead atoms. The Hall–Kier alpha value is -4.47. The first-order chi connectivity index (χ1) is 17.4. The predicted octanol–water partition coefficient (Wildman–Crippen LogP) is 3.64. The van der Waals surface area contributed by atoms with E-state index in [1.807, 2.05) is 12.1 Å². The van der Waals surface area contributed by atoms with Crippen molar-refractivity contribution in [3.63, 3.8) is 0 Å². The molecule has 0 radical (unpaired) electrons. The Balaban J connectivity index is 1.60. The van der Waals surface area contributed by atoms with Gasteiger partial charge in [-0.15, -0.1) is 5.10 Å². The molecule has 1 heterocycles. The fourth-order valence-electron chi connectivity index (χ4n) is 3.78. The lowest BCUT2D eigenvalue weighted by molar-refractivity contribution is -0.139. The zero-order chi connectivity index (χ0) is 25.7. The number of carbonyl (C=O) groups is 2. The minimum Gasteiger partial charge on any atom is -0.497 e. The van der Waals surface area contributed by atoms with E-state index in [-0.39, 0.29) is 18.7 Å². The van der Waals surface area contributed by atoms with Crippen molar-refractivity contribution in [2.45, 2.75) is 26.1 Å². The molecule has 1 atom stereocenters. The lowest BCUT2D eigenvalue weighted by Crippen LogP contribution is -2.46. The molecule has 0 aliphatic carbocycles. The number of anilines is 1. The van der Waals surface area contributed by atoms with Crippen molar-refractivity contribution in [1.82, 2.24) is 19.9 Å². The fraction of sp³-hybridized carbons (Fsp3) is 0.231. The van der Waals surface area contributed by atoms with Crippen LogP contribution in [0.2, 0.25) is 0 Å². The van der Waals surface area contributed by atoms with E-state index in [0.717, 1.165) is 0 Å². The largest absolute Gasteiger partial charge is 0.497 e. The summed E-state index contributed by atoms with van der Waals surface area (Å²) in [6.07, 6.45) is 0. The van der Waals surface area contributed by atoms with Gasteiger partial charge in [-0.2, -0.15) is 0 Å². The Morgan fingerprint density at radius 2 is 1.81 bits per heavy atom. The molecule has 1 aromatic heterocycles. The third-order valence-electron chi connectivity index (χ3n) is 5.84. The number of nitrogens with zero attached hydrogens (tertiary/aromatic N) is 4. The summed E-state index contributed by atoms with van der Waals surface area (Å²) in [5.74, 6) is -0.388. The van der Waals surface area contributed by atoms with E-state index in [1.54, 1.807) is 55.5 Å². The highest BCUT2D eigenvalue weighted by molar-refractivity contribution is 5.98. The second kappa shape index (κ2) is 10.9. The maximum atomic E-state index is 14.5. The van der Waals surface area contributed by atoms with Gasteiger partial charge in [-0.1, -0.05) is 35.5 Å². The van der Waals surface area contributed by atoms with Crippen LogP contribution in [0.3, 0.4) is 0 Å². The van der Waals surface area contributed by atoms with Crippen LogP contribution in [-0.2, 0) is 22.7 Å². The molecule has 0 aliphatic heterocycles. The molecule has 9 nitrogen and oxygen atoms in total. The number of para-hydroxylation sites is 1. The fourth-order valence-corrected chi connectivity index (χ4v) is 3.78. The number of fused-ring (bicyclic) bond motifs is 1. The molecule has 1 unspecified atom stereocenters. The van der Waals surface area contributed by atoms with E-state index in [0.29, 0.717) is 28.2 Å². The van der Waals surface area contributed by atoms with Gasteiger partial charge in [-0.05, 0) is 37.3 Å². The van der Waals surface area contributed by atoms with Crippen molar-refractivity contribution in [2.75, 3.05) is 19.5 Å². The summed E-state index contributed by atoms with van der Waals surface area (Å²) in [7, 11) is 3.00. The van der Waals surface area contributed by atoms with E-state index in [9.17, 15) is 14.0 Å². The molecule has 10 heteroatoms. The molecule has 4 aromatic rings. The van der Waals surface area contributed by atoms with Gasteiger partial charge in [-0.3, -0.25) is 9.59 Å². The molecule has 0 saturated carbocycles. The van der Waals surface area contributed by atoms with Crippen LogP contribution in [0.15, 0.2) is 66.7 Å². The normalized spacial score (nSPS) is 11.7. The molecule has 36 heavy (non-hydrogen) atoms. The molecular formula is C26H26FN5O4. The van der Waals surface area contributed by atoms with Gasteiger partial charge in [0.25, 0.3) is 0 Å². The number of amides is 2. The van der Waals surface area contributed by atoms with Crippen LogP contribution >= 0.6 is 0 Å². The summed E-state index contributed by atoms with van der Waals surface area (Å²) in [4.78, 5) is 28.0. The first kappa shape index (κ1) is 24.6. The minimum absolute atomic E-state index is 0.105. The van der Waals surface area contributed by atoms with Gasteiger partial charge in [-0.25, -0.2) is 9.07 Å². The predicted molar refractivity (Wildman–Crippen MR) is 132 cm³/mol. The molecule has 0 aliphatic rings. The van der Waals surface area contributed by atoms with Gasteiger partial charge < -0.3 is 19.7 Å². The Kier molecular flexibility index (Phi) is 7.43. The number of nitrogens with one attached hydrogen (secondary N) is 1. The smallest absolute Gasteiger partial charge is 0.247 e. The second-order valence-electron chi connectivity index (χ2n) is 8.08. The number of ether oxygens (including phenoxy) is 2. The van der Waals surface area contributed by atoms with Gasteiger partial charge in [0.2, 0.25) is 11.8 Å². The average Bonchev–Trinajstić information content (AvgIpc) is 3.30. The number of methoxy groups -OCH3 is 2. The summed E-state index contributed by atoms with van der Waals surface area (Å²) in [6.45, 7) is 1.31. The molecule has 2 amide bonds. The third kappa shape index (κ3) is 5.27. The lowest BCUT2D eigenvalue weighted by Gasteiger charge is -2.29. The molecule has 186 valence electrons.